The van der Waals surface area contributed by atoms with Crippen molar-refractivity contribution in [1.29, 1.82) is 0 Å². The van der Waals surface area contributed by atoms with Gasteiger partial charge in [0.25, 0.3) is 0 Å². The molecule has 5 nitrogen and oxygen atoms in total. The third kappa shape index (κ3) is 5.45. The van der Waals surface area contributed by atoms with Crippen LogP contribution in [0.25, 0.3) is 0 Å². The molecule has 21 heavy (non-hydrogen) atoms. The van der Waals surface area contributed by atoms with Crippen LogP contribution in [-0.2, 0) is 10.0 Å². The number of nitrogens with two attached hydrogens (primary N) is 1. The Morgan fingerprint density at radius 1 is 1.29 bits per heavy atom. The first-order chi connectivity index (χ1) is 9.94. The zero-order valence-corrected chi connectivity index (χ0v) is 13.4. The smallest absolute Gasteiger partial charge is 0.233 e. The molecular formula is C13H14ClN3O2S2. The first-order valence-corrected chi connectivity index (χ1v) is 9.06. The first kappa shape index (κ1) is 15.9. The molecule has 0 aliphatic heterocycles. The Labute approximate surface area is 133 Å². The molecule has 1 heterocycles. The van der Waals surface area contributed by atoms with E-state index in [4.69, 9.17) is 17.3 Å². The second-order valence-electron chi connectivity index (χ2n) is 4.21. The molecule has 0 spiro atoms. The summed E-state index contributed by atoms with van der Waals surface area (Å²) in [5.41, 5.74) is 6.74. The normalized spacial score (nSPS) is 11.3. The van der Waals surface area contributed by atoms with Crippen LogP contribution in [0.1, 0.15) is 0 Å². The van der Waals surface area contributed by atoms with Gasteiger partial charge >= 0.3 is 0 Å². The first-order valence-electron chi connectivity index (χ1n) is 6.05. The van der Waals surface area contributed by atoms with Gasteiger partial charge in [0.05, 0.1) is 11.4 Å². The lowest BCUT2D eigenvalue weighted by atomic mass is 10.3. The quantitative estimate of drug-likeness (QED) is 0.478. The summed E-state index contributed by atoms with van der Waals surface area (Å²) in [5, 5.41) is 0.240. The van der Waals surface area contributed by atoms with Crippen molar-refractivity contribution >= 4 is 44.8 Å². The van der Waals surface area contributed by atoms with E-state index >= 15 is 0 Å². The van der Waals surface area contributed by atoms with Crippen LogP contribution in [0.3, 0.4) is 0 Å². The van der Waals surface area contributed by atoms with Crippen molar-refractivity contribution < 1.29 is 8.42 Å². The molecule has 0 atom stereocenters. The average molecular weight is 344 g/mol. The van der Waals surface area contributed by atoms with E-state index in [1.54, 1.807) is 12.1 Å². The van der Waals surface area contributed by atoms with E-state index in [0.717, 1.165) is 4.90 Å². The van der Waals surface area contributed by atoms with E-state index in [0.29, 0.717) is 17.1 Å². The average Bonchev–Trinajstić information content (AvgIpc) is 2.38. The van der Waals surface area contributed by atoms with Crippen molar-refractivity contribution in [1.82, 2.24) is 4.98 Å². The highest BCUT2D eigenvalue weighted by Crippen LogP contribution is 2.21. The fourth-order valence-electron chi connectivity index (χ4n) is 1.57. The molecule has 0 saturated heterocycles. The third-order valence-corrected chi connectivity index (χ3v) is 5.23. The molecule has 8 heteroatoms. The minimum absolute atomic E-state index is 0.00753. The van der Waals surface area contributed by atoms with Crippen molar-refractivity contribution in [2.45, 2.75) is 4.90 Å². The summed E-state index contributed by atoms with van der Waals surface area (Å²) in [6.45, 7) is 0. The van der Waals surface area contributed by atoms with Gasteiger partial charge < -0.3 is 5.73 Å². The summed E-state index contributed by atoms with van der Waals surface area (Å²) in [6, 6.07) is 10.3. The van der Waals surface area contributed by atoms with E-state index in [-0.39, 0.29) is 10.9 Å². The monoisotopic (exact) mass is 343 g/mol. The minimum atomic E-state index is -3.42. The number of nitrogens with zero attached hydrogens (tertiary/aromatic N) is 1. The minimum Gasteiger partial charge on any atom is -0.399 e. The van der Waals surface area contributed by atoms with Crippen LogP contribution in [0.15, 0.2) is 47.5 Å². The number of benzene rings is 1. The molecule has 0 aliphatic rings. The standard InChI is InChI=1S/C13H14ClN3O2S2/c14-13-9-11(4-5-16-13)17-21(18,19)7-6-20-12-3-1-2-10(15)8-12/h1-5,8-9H,6-7,15H2,(H,16,17). The summed E-state index contributed by atoms with van der Waals surface area (Å²) < 4.78 is 26.4. The number of pyridine rings is 1. The molecule has 0 fully saturated rings. The Hall–Kier alpha value is -1.44. The number of anilines is 2. The summed E-state index contributed by atoms with van der Waals surface area (Å²) in [7, 11) is -3.42. The molecule has 0 aliphatic carbocycles. The van der Waals surface area contributed by atoms with Gasteiger partial charge in [0.1, 0.15) is 5.15 Å². The van der Waals surface area contributed by atoms with Gasteiger partial charge in [-0.15, -0.1) is 11.8 Å². The van der Waals surface area contributed by atoms with Gasteiger partial charge in [0.2, 0.25) is 10.0 Å². The lowest BCUT2D eigenvalue weighted by Crippen LogP contribution is -2.18. The largest absolute Gasteiger partial charge is 0.399 e. The number of halogens is 1. The van der Waals surface area contributed by atoms with Crippen molar-refractivity contribution in [2.24, 2.45) is 0 Å². The van der Waals surface area contributed by atoms with Crippen LogP contribution in [0.2, 0.25) is 5.15 Å². The van der Waals surface area contributed by atoms with Crippen LogP contribution in [-0.4, -0.2) is 24.9 Å². The second-order valence-corrected chi connectivity index (χ2v) is 7.61. The number of nitrogens with one attached hydrogen (secondary N) is 1. The Balaban J connectivity index is 1.90. The van der Waals surface area contributed by atoms with Crippen LogP contribution in [0.5, 0.6) is 0 Å². The highest BCUT2D eigenvalue weighted by atomic mass is 35.5. The van der Waals surface area contributed by atoms with E-state index in [9.17, 15) is 8.42 Å². The van der Waals surface area contributed by atoms with Gasteiger partial charge in [0.15, 0.2) is 0 Å². The van der Waals surface area contributed by atoms with Gasteiger partial charge in [0, 0.05) is 22.5 Å². The number of thioether (sulfide) groups is 1. The third-order valence-electron chi connectivity index (χ3n) is 2.48. The van der Waals surface area contributed by atoms with Gasteiger partial charge in [-0.1, -0.05) is 17.7 Å². The van der Waals surface area contributed by atoms with Crippen LogP contribution >= 0.6 is 23.4 Å². The lowest BCUT2D eigenvalue weighted by Gasteiger charge is -2.08. The summed E-state index contributed by atoms with van der Waals surface area (Å²) in [5.74, 6) is 0.421. The number of hydrogen-bond acceptors (Lipinski definition) is 5. The SMILES string of the molecule is Nc1cccc(SCCS(=O)(=O)Nc2ccnc(Cl)c2)c1. The van der Waals surface area contributed by atoms with Gasteiger partial charge in [-0.25, -0.2) is 13.4 Å². The van der Waals surface area contributed by atoms with Crippen molar-refractivity contribution in [3.05, 3.63) is 47.7 Å². The molecule has 1 aromatic heterocycles. The topological polar surface area (TPSA) is 85.1 Å². The van der Waals surface area contributed by atoms with Crippen LogP contribution < -0.4 is 10.5 Å². The Morgan fingerprint density at radius 3 is 2.81 bits per heavy atom. The molecule has 0 bridgehead atoms. The summed E-state index contributed by atoms with van der Waals surface area (Å²) >= 11 is 7.15. The number of sulfonamides is 1. The summed E-state index contributed by atoms with van der Waals surface area (Å²) in [6.07, 6.45) is 1.45. The molecule has 2 aromatic rings. The fourth-order valence-corrected chi connectivity index (χ4v) is 4.17. The van der Waals surface area contributed by atoms with Crippen LogP contribution in [0.4, 0.5) is 11.4 Å². The zero-order valence-electron chi connectivity index (χ0n) is 11.0. The van der Waals surface area contributed by atoms with E-state index in [2.05, 4.69) is 9.71 Å². The fraction of sp³-hybridized carbons (Fsp3) is 0.154. The molecular weight excluding hydrogens is 330 g/mol. The number of nitrogen functional groups attached to an aromatic ring is 1. The molecule has 1 aromatic carbocycles. The maximum Gasteiger partial charge on any atom is 0.233 e. The Kier molecular flexibility index (Phi) is 5.33. The highest BCUT2D eigenvalue weighted by molar-refractivity contribution is 8.01. The number of hydrogen-bond donors (Lipinski definition) is 2. The molecule has 2 rings (SSSR count). The Bertz CT molecular complexity index is 723. The zero-order chi connectivity index (χ0) is 15.3. The number of rotatable bonds is 6. The predicted molar refractivity (Wildman–Crippen MR) is 88.2 cm³/mol. The van der Waals surface area contributed by atoms with E-state index in [1.165, 1.54) is 24.0 Å². The van der Waals surface area contributed by atoms with Crippen molar-refractivity contribution in [3.63, 3.8) is 0 Å². The van der Waals surface area contributed by atoms with Crippen molar-refractivity contribution in [2.75, 3.05) is 22.0 Å². The Morgan fingerprint density at radius 2 is 2.10 bits per heavy atom. The maximum absolute atomic E-state index is 12.0. The highest BCUT2D eigenvalue weighted by Gasteiger charge is 2.11. The van der Waals surface area contributed by atoms with Crippen LogP contribution in [0, 0.1) is 0 Å². The molecule has 0 unspecified atom stereocenters. The van der Waals surface area contributed by atoms with E-state index in [1.807, 2.05) is 18.2 Å². The van der Waals surface area contributed by atoms with E-state index < -0.39 is 10.0 Å². The molecule has 0 saturated carbocycles. The molecule has 112 valence electrons. The van der Waals surface area contributed by atoms with Crippen molar-refractivity contribution in [3.8, 4) is 0 Å². The lowest BCUT2D eigenvalue weighted by molar-refractivity contribution is 0.602. The summed E-state index contributed by atoms with van der Waals surface area (Å²) in [4.78, 5) is 4.74. The predicted octanol–water partition coefficient (Wildman–Crippen LogP) is 2.85. The van der Waals surface area contributed by atoms with Gasteiger partial charge in [-0.3, -0.25) is 4.72 Å². The maximum atomic E-state index is 12.0. The molecule has 0 radical (unpaired) electrons. The second kappa shape index (κ2) is 7.02. The molecule has 0 amide bonds. The van der Waals surface area contributed by atoms with Gasteiger partial charge in [-0.05, 0) is 30.3 Å². The number of aromatic nitrogens is 1. The molecule has 3 N–H and O–H groups in total. The van der Waals surface area contributed by atoms with Gasteiger partial charge in [-0.2, -0.15) is 0 Å².